The van der Waals surface area contributed by atoms with Gasteiger partial charge in [-0.3, -0.25) is 0 Å². The molecule has 0 amide bonds. The predicted octanol–water partition coefficient (Wildman–Crippen LogP) is 2.97. The summed E-state index contributed by atoms with van der Waals surface area (Å²) >= 11 is 5.80. The first-order chi connectivity index (χ1) is 5.86. The Bertz CT molecular complexity index is 258. The van der Waals surface area contributed by atoms with Crippen LogP contribution in [0.2, 0.25) is 5.02 Å². The van der Waals surface area contributed by atoms with Gasteiger partial charge in [0.15, 0.2) is 0 Å². The largest absolute Gasteiger partial charge is 0.309 e. The molecule has 0 saturated heterocycles. The minimum atomic E-state index is 0.836. The van der Waals surface area contributed by atoms with Gasteiger partial charge in [-0.25, -0.2) is 0 Å². The summed E-state index contributed by atoms with van der Waals surface area (Å²) in [4.78, 5) is 0. The van der Waals surface area contributed by atoms with Crippen molar-refractivity contribution < 1.29 is 0 Å². The monoisotopic (exact) mass is 183 g/mol. The van der Waals surface area contributed by atoms with Crippen molar-refractivity contribution in [3.63, 3.8) is 0 Å². The molecule has 0 bridgehead atoms. The maximum atomic E-state index is 5.80. The lowest BCUT2D eigenvalue weighted by molar-refractivity contribution is 0.765. The van der Waals surface area contributed by atoms with E-state index in [-0.39, 0.29) is 0 Å². The molecule has 0 fully saturated rings. The van der Waals surface area contributed by atoms with Gasteiger partial charge in [-0.2, -0.15) is 0 Å². The third-order valence-corrected chi connectivity index (χ3v) is 2.03. The van der Waals surface area contributed by atoms with Gasteiger partial charge >= 0.3 is 0 Å². The van der Waals surface area contributed by atoms with Crippen LogP contribution >= 0.6 is 11.6 Å². The van der Waals surface area contributed by atoms with Gasteiger partial charge < -0.3 is 5.32 Å². The highest BCUT2D eigenvalue weighted by Crippen LogP contribution is 2.19. The van der Waals surface area contributed by atoms with E-state index in [4.69, 9.17) is 11.6 Å². The quantitative estimate of drug-likeness (QED) is 0.652. The Morgan fingerprint density at radius 3 is 2.58 bits per heavy atom. The van der Waals surface area contributed by atoms with Gasteiger partial charge in [-0.05, 0) is 23.3 Å². The smallest absolute Gasteiger partial charge is 0.0409 e. The average Bonchev–Trinajstić information content (AvgIpc) is 2.54. The van der Waals surface area contributed by atoms with Gasteiger partial charge in [0.05, 0.1) is 0 Å². The molecule has 1 nitrogen and oxygen atoms in total. The second-order valence-electron chi connectivity index (χ2n) is 2.52. The van der Waals surface area contributed by atoms with Gasteiger partial charge in [0.2, 0.25) is 0 Å². The second kappa shape index (κ2) is 4.48. The van der Waals surface area contributed by atoms with Crippen LogP contribution in [-0.4, -0.2) is 0 Å². The summed E-state index contributed by atoms with van der Waals surface area (Å²) in [7, 11) is 0. The van der Waals surface area contributed by atoms with E-state index < -0.39 is 0 Å². The van der Waals surface area contributed by atoms with Crippen LogP contribution in [0.1, 0.15) is 25.0 Å². The molecular formula is C10H14ClN. The van der Waals surface area contributed by atoms with Crippen LogP contribution < -0.4 is 5.32 Å². The molecule has 1 N–H and O–H groups in total. The number of rotatable bonds is 0. The van der Waals surface area contributed by atoms with Crippen molar-refractivity contribution in [3.8, 4) is 0 Å². The second-order valence-corrected chi connectivity index (χ2v) is 2.95. The molecular weight excluding hydrogens is 170 g/mol. The Morgan fingerprint density at radius 2 is 1.83 bits per heavy atom. The number of hydrogen-bond donors (Lipinski definition) is 1. The minimum Gasteiger partial charge on any atom is -0.309 e. The molecule has 66 valence electrons. The fourth-order valence-corrected chi connectivity index (χ4v) is 1.46. The van der Waals surface area contributed by atoms with E-state index in [0.717, 1.165) is 18.1 Å². The number of nitrogens with one attached hydrogen (secondary N) is 1. The zero-order valence-electron chi connectivity index (χ0n) is 7.52. The lowest BCUT2D eigenvalue weighted by atomic mass is 10.1. The van der Waals surface area contributed by atoms with Gasteiger partial charge in [-0.15, -0.1) is 0 Å². The molecule has 1 aromatic rings. The summed E-state index contributed by atoms with van der Waals surface area (Å²) in [6.45, 7) is 5.96. The molecule has 12 heavy (non-hydrogen) atoms. The number of fused-ring (bicyclic) bond motifs is 1. The van der Waals surface area contributed by atoms with Gasteiger partial charge in [0.25, 0.3) is 0 Å². The van der Waals surface area contributed by atoms with Crippen molar-refractivity contribution >= 4 is 11.6 Å². The normalized spacial score (nSPS) is 13.2. The number of hydrogen-bond acceptors (Lipinski definition) is 1. The van der Waals surface area contributed by atoms with Crippen LogP contribution in [0, 0.1) is 0 Å². The Hall–Kier alpha value is -0.530. The third kappa shape index (κ3) is 1.99. The van der Waals surface area contributed by atoms with E-state index in [1.165, 1.54) is 11.1 Å². The molecule has 2 heteroatoms. The van der Waals surface area contributed by atoms with E-state index in [1.54, 1.807) is 0 Å². The van der Waals surface area contributed by atoms with E-state index >= 15 is 0 Å². The lowest BCUT2D eigenvalue weighted by Crippen LogP contribution is -1.99. The maximum absolute atomic E-state index is 5.80. The zero-order chi connectivity index (χ0) is 8.97. The van der Waals surface area contributed by atoms with Crippen LogP contribution in [0.5, 0.6) is 0 Å². The highest BCUT2D eigenvalue weighted by molar-refractivity contribution is 6.30. The first-order valence-electron chi connectivity index (χ1n) is 4.34. The molecule has 2 rings (SSSR count). The molecule has 0 aromatic heterocycles. The van der Waals surface area contributed by atoms with E-state index in [1.807, 2.05) is 26.0 Å². The molecule has 1 aliphatic rings. The maximum Gasteiger partial charge on any atom is 0.0409 e. The van der Waals surface area contributed by atoms with Crippen molar-refractivity contribution in [3.05, 3.63) is 34.3 Å². The van der Waals surface area contributed by atoms with Crippen molar-refractivity contribution in [1.29, 1.82) is 0 Å². The molecule has 0 saturated carbocycles. The summed E-state index contributed by atoms with van der Waals surface area (Å²) in [5.74, 6) is 0. The minimum absolute atomic E-state index is 0.836. The molecule has 0 aliphatic carbocycles. The summed E-state index contributed by atoms with van der Waals surface area (Å²) in [6, 6.07) is 6.04. The summed E-state index contributed by atoms with van der Waals surface area (Å²) in [6.07, 6.45) is 0. The zero-order valence-corrected chi connectivity index (χ0v) is 8.28. The van der Waals surface area contributed by atoms with E-state index in [2.05, 4.69) is 11.4 Å². The standard InChI is InChI=1S/C8H8ClN.C2H6/c9-8-2-1-6-4-10-5-7(6)3-8;1-2/h1-3,10H,4-5H2;1-2H3. The van der Waals surface area contributed by atoms with Gasteiger partial charge in [0, 0.05) is 18.1 Å². The van der Waals surface area contributed by atoms with Crippen molar-refractivity contribution in [2.75, 3.05) is 0 Å². The van der Waals surface area contributed by atoms with Gasteiger partial charge in [0.1, 0.15) is 0 Å². The van der Waals surface area contributed by atoms with Crippen molar-refractivity contribution in [2.45, 2.75) is 26.9 Å². The Balaban J connectivity index is 0.000000336. The Morgan fingerprint density at radius 1 is 1.17 bits per heavy atom. The molecule has 0 atom stereocenters. The highest BCUT2D eigenvalue weighted by Gasteiger charge is 2.08. The molecule has 1 heterocycles. The first kappa shape index (κ1) is 9.56. The molecule has 0 unspecified atom stereocenters. The predicted molar refractivity (Wildman–Crippen MR) is 53.3 cm³/mol. The molecule has 0 spiro atoms. The SMILES string of the molecule is CC.Clc1ccc2c(c1)CNC2. The molecule has 0 radical (unpaired) electrons. The Labute approximate surface area is 78.7 Å². The van der Waals surface area contributed by atoms with Crippen LogP contribution in [-0.2, 0) is 13.1 Å². The van der Waals surface area contributed by atoms with Crippen LogP contribution in [0.3, 0.4) is 0 Å². The van der Waals surface area contributed by atoms with Crippen LogP contribution in [0.25, 0.3) is 0 Å². The van der Waals surface area contributed by atoms with Gasteiger partial charge in [-0.1, -0.05) is 31.5 Å². The lowest BCUT2D eigenvalue weighted by Gasteiger charge is -1.95. The molecule has 1 aliphatic heterocycles. The van der Waals surface area contributed by atoms with E-state index in [9.17, 15) is 0 Å². The average molecular weight is 184 g/mol. The van der Waals surface area contributed by atoms with Crippen LogP contribution in [0.4, 0.5) is 0 Å². The fourth-order valence-electron chi connectivity index (χ4n) is 1.26. The summed E-state index contributed by atoms with van der Waals surface area (Å²) < 4.78 is 0. The summed E-state index contributed by atoms with van der Waals surface area (Å²) in [5.41, 5.74) is 2.72. The topological polar surface area (TPSA) is 12.0 Å². The third-order valence-electron chi connectivity index (χ3n) is 1.80. The highest BCUT2D eigenvalue weighted by atomic mass is 35.5. The summed E-state index contributed by atoms with van der Waals surface area (Å²) in [5, 5.41) is 4.09. The number of halogens is 1. The van der Waals surface area contributed by atoms with Crippen molar-refractivity contribution in [2.24, 2.45) is 0 Å². The van der Waals surface area contributed by atoms with Crippen LogP contribution in [0.15, 0.2) is 18.2 Å². The number of benzene rings is 1. The fraction of sp³-hybridized carbons (Fsp3) is 0.400. The Kier molecular flexibility index (Phi) is 3.57. The first-order valence-corrected chi connectivity index (χ1v) is 4.72. The molecule has 1 aromatic carbocycles. The van der Waals surface area contributed by atoms with E-state index in [0.29, 0.717) is 0 Å². The van der Waals surface area contributed by atoms with Crippen molar-refractivity contribution in [1.82, 2.24) is 5.32 Å².